The molecule has 0 spiro atoms. The first-order valence-electron chi connectivity index (χ1n) is 6.11. The highest BCUT2D eigenvalue weighted by atomic mass is 35.5. The first-order valence-corrected chi connectivity index (χ1v) is 6.49. The number of hydrogen-bond donors (Lipinski definition) is 1. The molecule has 1 saturated heterocycles. The van der Waals surface area contributed by atoms with Crippen molar-refractivity contribution in [3.8, 4) is 0 Å². The molecule has 0 radical (unpaired) electrons. The summed E-state index contributed by atoms with van der Waals surface area (Å²) in [6, 6.07) is 8.24. The average Bonchev–Trinajstić information content (AvgIpc) is 2.91. The number of hydrogen-bond acceptors (Lipinski definition) is 4. The largest absolute Gasteiger partial charge is 0.353 e. The van der Waals surface area contributed by atoms with Crippen LogP contribution in [0, 0.1) is 0 Å². The lowest BCUT2D eigenvalue weighted by Gasteiger charge is -2.25. The fraction of sp³-hybridized carbons (Fsp3) is 0.385. The van der Waals surface area contributed by atoms with Gasteiger partial charge in [-0.3, -0.25) is 0 Å². The fourth-order valence-electron chi connectivity index (χ4n) is 2.34. The third-order valence-corrected chi connectivity index (χ3v) is 3.68. The Labute approximate surface area is 123 Å². The Morgan fingerprint density at radius 1 is 1.26 bits per heavy atom. The molecule has 2 aromatic rings. The lowest BCUT2D eigenvalue weighted by molar-refractivity contribution is 0.678. The van der Waals surface area contributed by atoms with Crippen LogP contribution in [0.4, 0.5) is 5.82 Å². The Kier molecular flexibility index (Phi) is 4.45. The predicted molar refractivity (Wildman–Crippen MR) is 81.5 cm³/mol. The van der Waals surface area contributed by atoms with Crippen LogP contribution in [0.15, 0.2) is 24.3 Å². The highest BCUT2D eigenvalue weighted by molar-refractivity contribution is 6.32. The SMILES string of the molecule is CN(c1nc2ccccc2nc1Cl)[C@H]1CCNC1.Cl. The van der Waals surface area contributed by atoms with Crippen LogP contribution < -0.4 is 10.2 Å². The maximum atomic E-state index is 6.24. The van der Waals surface area contributed by atoms with Gasteiger partial charge in [-0.25, -0.2) is 9.97 Å². The van der Waals surface area contributed by atoms with Gasteiger partial charge in [-0.15, -0.1) is 12.4 Å². The topological polar surface area (TPSA) is 41.1 Å². The summed E-state index contributed by atoms with van der Waals surface area (Å²) in [4.78, 5) is 11.2. The minimum absolute atomic E-state index is 0. The summed E-state index contributed by atoms with van der Waals surface area (Å²) >= 11 is 6.24. The van der Waals surface area contributed by atoms with Crippen molar-refractivity contribution >= 4 is 40.9 Å². The van der Waals surface area contributed by atoms with E-state index in [1.54, 1.807) is 0 Å². The Hall–Kier alpha value is -1.10. The van der Waals surface area contributed by atoms with Crippen molar-refractivity contribution in [1.82, 2.24) is 15.3 Å². The molecule has 0 bridgehead atoms. The van der Waals surface area contributed by atoms with Crippen LogP contribution in [-0.2, 0) is 0 Å². The minimum Gasteiger partial charge on any atom is -0.353 e. The minimum atomic E-state index is 0. The van der Waals surface area contributed by atoms with Crippen molar-refractivity contribution in [2.45, 2.75) is 12.5 Å². The molecule has 1 atom stereocenters. The summed E-state index contributed by atoms with van der Waals surface area (Å²) in [5.74, 6) is 0.768. The van der Waals surface area contributed by atoms with Crippen molar-refractivity contribution in [3.05, 3.63) is 29.4 Å². The van der Waals surface area contributed by atoms with E-state index < -0.39 is 0 Å². The lowest BCUT2D eigenvalue weighted by atomic mass is 10.2. The quantitative estimate of drug-likeness (QED) is 0.925. The van der Waals surface area contributed by atoms with Crippen LogP contribution >= 0.6 is 24.0 Å². The molecule has 4 nitrogen and oxygen atoms in total. The average molecular weight is 299 g/mol. The zero-order valence-electron chi connectivity index (χ0n) is 10.6. The monoisotopic (exact) mass is 298 g/mol. The lowest BCUT2D eigenvalue weighted by Crippen LogP contribution is -2.34. The van der Waals surface area contributed by atoms with Gasteiger partial charge >= 0.3 is 0 Å². The molecule has 1 N–H and O–H groups in total. The van der Waals surface area contributed by atoms with Gasteiger partial charge in [0.25, 0.3) is 0 Å². The van der Waals surface area contributed by atoms with Gasteiger partial charge in [0, 0.05) is 19.6 Å². The number of likely N-dealkylation sites (N-methyl/N-ethyl adjacent to an activating group) is 1. The van der Waals surface area contributed by atoms with Crippen molar-refractivity contribution in [2.75, 3.05) is 25.0 Å². The number of benzene rings is 1. The zero-order valence-corrected chi connectivity index (χ0v) is 12.2. The van der Waals surface area contributed by atoms with E-state index in [-0.39, 0.29) is 12.4 Å². The Morgan fingerprint density at radius 2 is 1.95 bits per heavy atom. The Bertz CT molecular complexity index is 570. The number of anilines is 1. The maximum absolute atomic E-state index is 6.24. The van der Waals surface area contributed by atoms with E-state index in [1.807, 2.05) is 31.3 Å². The van der Waals surface area contributed by atoms with Crippen LogP contribution in [0.1, 0.15) is 6.42 Å². The zero-order chi connectivity index (χ0) is 12.5. The Balaban J connectivity index is 0.00000133. The number of halogens is 2. The molecule has 0 amide bonds. The molecule has 1 fully saturated rings. The smallest absolute Gasteiger partial charge is 0.172 e. The molecular formula is C13H16Cl2N4. The van der Waals surface area contributed by atoms with E-state index in [0.29, 0.717) is 11.2 Å². The van der Waals surface area contributed by atoms with Gasteiger partial charge in [0.2, 0.25) is 0 Å². The van der Waals surface area contributed by atoms with Crippen LogP contribution in [-0.4, -0.2) is 36.1 Å². The van der Waals surface area contributed by atoms with E-state index in [2.05, 4.69) is 20.2 Å². The second-order valence-electron chi connectivity index (χ2n) is 4.58. The summed E-state index contributed by atoms with van der Waals surface area (Å²) in [5, 5.41) is 3.82. The standard InChI is InChI=1S/C13H15ClN4.ClH/c1-18(9-6-7-15-8-9)13-12(14)16-10-4-2-3-5-11(10)17-13;/h2-5,9,15H,6-8H2,1H3;1H/t9-;/m0./s1. The predicted octanol–water partition coefficient (Wildman–Crippen LogP) is 2.50. The van der Waals surface area contributed by atoms with E-state index in [4.69, 9.17) is 11.6 Å². The van der Waals surface area contributed by atoms with Gasteiger partial charge in [-0.05, 0) is 25.1 Å². The number of nitrogens with one attached hydrogen (secondary N) is 1. The summed E-state index contributed by atoms with van der Waals surface area (Å²) in [5.41, 5.74) is 1.72. The maximum Gasteiger partial charge on any atom is 0.172 e. The van der Waals surface area contributed by atoms with E-state index in [1.165, 1.54) is 0 Å². The fourth-order valence-corrected chi connectivity index (χ4v) is 2.60. The van der Waals surface area contributed by atoms with Crippen molar-refractivity contribution in [1.29, 1.82) is 0 Å². The van der Waals surface area contributed by atoms with Gasteiger partial charge in [0.15, 0.2) is 11.0 Å². The molecule has 1 aromatic heterocycles. The molecule has 19 heavy (non-hydrogen) atoms. The van der Waals surface area contributed by atoms with Crippen LogP contribution in [0.25, 0.3) is 11.0 Å². The number of aromatic nitrogens is 2. The molecule has 3 rings (SSSR count). The van der Waals surface area contributed by atoms with E-state index >= 15 is 0 Å². The van der Waals surface area contributed by atoms with Crippen LogP contribution in [0.5, 0.6) is 0 Å². The highest BCUT2D eigenvalue weighted by Gasteiger charge is 2.22. The van der Waals surface area contributed by atoms with Gasteiger partial charge in [-0.1, -0.05) is 23.7 Å². The number of rotatable bonds is 2. The van der Waals surface area contributed by atoms with E-state index in [0.717, 1.165) is 36.4 Å². The second kappa shape index (κ2) is 5.90. The van der Waals surface area contributed by atoms with Crippen molar-refractivity contribution in [2.24, 2.45) is 0 Å². The highest BCUT2D eigenvalue weighted by Crippen LogP contribution is 2.26. The van der Waals surface area contributed by atoms with Gasteiger partial charge < -0.3 is 10.2 Å². The van der Waals surface area contributed by atoms with Gasteiger partial charge in [0.1, 0.15) is 0 Å². The van der Waals surface area contributed by atoms with E-state index in [9.17, 15) is 0 Å². The first-order chi connectivity index (χ1) is 8.75. The van der Waals surface area contributed by atoms with Crippen LogP contribution in [0.3, 0.4) is 0 Å². The summed E-state index contributed by atoms with van der Waals surface area (Å²) in [6.45, 7) is 2.02. The number of para-hydroxylation sites is 2. The molecule has 0 unspecified atom stereocenters. The first kappa shape index (κ1) is 14.3. The molecule has 6 heteroatoms. The molecular weight excluding hydrogens is 283 g/mol. The third kappa shape index (κ3) is 2.76. The molecule has 0 saturated carbocycles. The third-order valence-electron chi connectivity index (χ3n) is 3.43. The molecule has 0 aliphatic carbocycles. The normalized spacial score (nSPS) is 18.3. The molecule has 1 aliphatic heterocycles. The molecule has 102 valence electrons. The molecule has 2 heterocycles. The number of nitrogens with zero attached hydrogens (tertiary/aromatic N) is 3. The summed E-state index contributed by atoms with van der Waals surface area (Å²) < 4.78 is 0. The van der Waals surface area contributed by atoms with Crippen molar-refractivity contribution in [3.63, 3.8) is 0 Å². The second-order valence-corrected chi connectivity index (χ2v) is 4.94. The summed E-state index contributed by atoms with van der Waals surface area (Å²) in [6.07, 6.45) is 1.11. The number of fused-ring (bicyclic) bond motifs is 1. The van der Waals surface area contributed by atoms with Crippen LogP contribution in [0.2, 0.25) is 5.15 Å². The molecule has 1 aromatic carbocycles. The van der Waals surface area contributed by atoms with Gasteiger partial charge in [-0.2, -0.15) is 0 Å². The summed E-state index contributed by atoms with van der Waals surface area (Å²) in [7, 11) is 2.03. The Morgan fingerprint density at radius 3 is 2.58 bits per heavy atom. The van der Waals surface area contributed by atoms with Gasteiger partial charge in [0.05, 0.1) is 11.0 Å². The van der Waals surface area contributed by atoms with Crippen molar-refractivity contribution < 1.29 is 0 Å². The molecule has 1 aliphatic rings.